The molecule has 1 aromatic carbocycles. The Morgan fingerprint density at radius 3 is 2.42 bits per heavy atom. The second kappa shape index (κ2) is 6.84. The van der Waals surface area contributed by atoms with Crippen molar-refractivity contribution in [2.24, 2.45) is 0 Å². The fourth-order valence-corrected chi connectivity index (χ4v) is 4.03. The number of hydrogen-bond acceptors (Lipinski definition) is 4. The molecule has 0 N–H and O–H groups in total. The van der Waals surface area contributed by atoms with Crippen molar-refractivity contribution in [3.8, 4) is 5.88 Å². The third-order valence-electron chi connectivity index (χ3n) is 3.83. The Labute approximate surface area is 147 Å². The molecule has 140 valence electrons. The SMILES string of the molecule is O=S(=O)(Cc1ccc(F)cc1)N1CC(Oc2ncccc2C(F)(F)F)C1. The number of ether oxygens (including phenoxy) is 1. The standard InChI is InChI=1S/C16H14F4N2O3S/c17-12-5-3-11(4-6-12)10-26(23,24)22-8-13(9-22)25-15-14(16(18,19)20)2-1-7-21-15/h1-7,13H,8-10H2. The van der Waals surface area contributed by atoms with Crippen LogP contribution in [0.5, 0.6) is 5.88 Å². The van der Waals surface area contributed by atoms with Crippen LogP contribution in [-0.4, -0.2) is 36.9 Å². The van der Waals surface area contributed by atoms with Gasteiger partial charge in [0, 0.05) is 6.20 Å². The Balaban J connectivity index is 1.61. The molecule has 1 fully saturated rings. The predicted molar refractivity (Wildman–Crippen MR) is 84.3 cm³/mol. The van der Waals surface area contributed by atoms with Crippen LogP contribution in [-0.2, 0) is 22.0 Å². The maximum absolute atomic E-state index is 12.9. The van der Waals surface area contributed by atoms with Crippen molar-refractivity contribution in [3.63, 3.8) is 0 Å². The summed E-state index contributed by atoms with van der Waals surface area (Å²) in [4.78, 5) is 3.58. The number of pyridine rings is 1. The zero-order valence-corrected chi connectivity index (χ0v) is 14.1. The maximum atomic E-state index is 12.9. The molecule has 0 aliphatic carbocycles. The quantitative estimate of drug-likeness (QED) is 0.737. The van der Waals surface area contributed by atoms with Gasteiger partial charge in [-0.3, -0.25) is 0 Å². The Hall–Kier alpha value is -2.20. The number of nitrogens with zero attached hydrogens (tertiary/aromatic N) is 2. The lowest BCUT2D eigenvalue weighted by Crippen LogP contribution is -2.56. The normalized spacial score (nSPS) is 16.3. The van der Waals surface area contributed by atoms with Gasteiger partial charge in [0.05, 0.1) is 18.8 Å². The lowest BCUT2D eigenvalue weighted by atomic mass is 10.2. The Morgan fingerprint density at radius 1 is 1.15 bits per heavy atom. The first kappa shape index (κ1) is 18.6. The van der Waals surface area contributed by atoms with E-state index in [9.17, 15) is 26.0 Å². The van der Waals surface area contributed by atoms with E-state index in [2.05, 4.69) is 4.98 Å². The van der Waals surface area contributed by atoms with Crippen molar-refractivity contribution >= 4 is 10.0 Å². The van der Waals surface area contributed by atoms with Crippen LogP contribution in [0.25, 0.3) is 0 Å². The first-order valence-electron chi connectivity index (χ1n) is 7.56. The van der Waals surface area contributed by atoms with Crippen LogP contribution < -0.4 is 4.74 Å². The summed E-state index contributed by atoms with van der Waals surface area (Å²) >= 11 is 0. The fraction of sp³-hybridized carbons (Fsp3) is 0.312. The Bertz CT molecular complexity index is 879. The van der Waals surface area contributed by atoms with Crippen molar-refractivity contribution in [1.82, 2.24) is 9.29 Å². The maximum Gasteiger partial charge on any atom is 0.421 e. The van der Waals surface area contributed by atoms with E-state index in [1.54, 1.807) is 0 Å². The average Bonchev–Trinajstić information content (AvgIpc) is 2.52. The molecule has 0 radical (unpaired) electrons. The summed E-state index contributed by atoms with van der Waals surface area (Å²) in [5.41, 5.74) is -0.590. The molecule has 0 bridgehead atoms. The molecule has 5 nitrogen and oxygen atoms in total. The van der Waals surface area contributed by atoms with E-state index in [4.69, 9.17) is 4.74 Å². The number of rotatable bonds is 5. The zero-order chi connectivity index (χ0) is 18.9. The van der Waals surface area contributed by atoms with Gasteiger partial charge in [-0.15, -0.1) is 0 Å². The molecule has 1 aliphatic heterocycles. The highest BCUT2D eigenvalue weighted by Gasteiger charge is 2.40. The Morgan fingerprint density at radius 2 is 1.81 bits per heavy atom. The molecule has 0 saturated carbocycles. The van der Waals surface area contributed by atoms with Crippen LogP contribution in [0, 0.1) is 5.82 Å². The summed E-state index contributed by atoms with van der Waals surface area (Å²) in [5.74, 6) is -1.36. The molecule has 3 rings (SSSR count). The van der Waals surface area contributed by atoms with Gasteiger partial charge in [-0.05, 0) is 29.8 Å². The molecular formula is C16H14F4N2O3S. The largest absolute Gasteiger partial charge is 0.471 e. The van der Waals surface area contributed by atoms with E-state index in [0.717, 1.165) is 28.6 Å². The van der Waals surface area contributed by atoms with Crippen LogP contribution in [0.4, 0.5) is 17.6 Å². The summed E-state index contributed by atoms with van der Waals surface area (Å²) in [6.45, 7) is -0.144. The van der Waals surface area contributed by atoms with Gasteiger partial charge in [0.15, 0.2) is 0 Å². The summed E-state index contributed by atoms with van der Waals surface area (Å²) < 4.78 is 82.4. The molecule has 1 aliphatic rings. The number of benzene rings is 1. The van der Waals surface area contributed by atoms with Gasteiger partial charge < -0.3 is 4.74 Å². The molecule has 0 spiro atoms. The third kappa shape index (κ3) is 4.13. The van der Waals surface area contributed by atoms with Crippen LogP contribution in [0.15, 0.2) is 42.6 Å². The number of halogens is 4. The summed E-state index contributed by atoms with van der Waals surface area (Å²) in [7, 11) is -3.66. The molecular weight excluding hydrogens is 376 g/mol. The highest BCUT2D eigenvalue weighted by molar-refractivity contribution is 7.88. The van der Waals surface area contributed by atoms with Gasteiger partial charge >= 0.3 is 6.18 Å². The second-order valence-corrected chi connectivity index (χ2v) is 7.76. The van der Waals surface area contributed by atoms with Crippen LogP contribution in [0.3, 0.4) is 0 Å². The van der Waals surface area contributed by atoms with E-state index in [-0.39, 0.29) is 18.8 Å². The molecule has 0 atom stereocenters. The minimum Gasteiger partial charge on any atom is -0.471 e. The molecule has 10 heteroatoms. The number of aromatic nitrogens is 1. The van der Waals surface area contributed by atoms with E-state index in [0.29, 0.717) is 5.56 Å². The smallest absolute Gasteiger partial charge is 0.421 e. The molecule has 1 saturated heterocycles. The lowest BCUT2D eigenvalue weighted by molar-refractivity contribution is -0.140. The van der Waals surface area contributed by atoms with Crippen molar-refractivity contribution < 1.29 is 30.7 Å². The minimum atomic E-state index is -4.61. The van der Waals surface area contributed by atoms with Gasteiger partial charge in [0.1, 0.15) is 17.5 Å². The zero-order valence-electron chi connectivity index (χ0n) is 13.3. The molecule has 2 aromatic rings. The highest BCUT2D eigenvalue weighted by Crippen LogP contribution is 2.35. The van der Waals surface area contributed by atoms with Gasteiger partial charge in [-0.2, -0.15) is 17.5 Å². The number of sulfonamides is 1. The van der Waals surface area contributed by atoms with E-state index in [1.165, 1.54) is 18.3 Å². The van der Waals surface area contributed by atoms with Crippen molar-refractivity contribution in [1.29, 1.82) is 0 Å². The van der Waals surface area contributed by atoms with Crippen molar-refractivity contribution in [2.75, 3.05) is 13.1 Å². The van der Waals surface area contributed by atoms with Gasteiger partial charge in [0.2, 0.25) is 15.9 Å². The predicted octanol–water partition coefficient (Wildman–Crippen LogP) is 2.83. The van der Waals surface area contributed by atoms with Crippen LogP contribution in [0.2, 0.25) is 0 Å². The van der Waals surface area contributed by atoms with Crippen LogP contribution >= 0.6 is 0 Å². The molecule has 1 aromatic heterocycles. The molecule has 0 unspecified atom stereocenters. The topological polar surface area (TPSA) is 59.5 Å². The average molecular weight is 390 g/mol. The molecule has 2 heterocycles. The summed E-state index contributed by atoms with van der Waals surface area (Å²) in [6.07, 6.45) is -4.15. The van der Waals surface area contributed by atoms with Gasteiger partial charge in [0.25, 0.3) is 0 Å². The monoisotopic (exact) mass is 390 g/mol. The van der Waals surface area contributed by atoms with Crippen molar-refractivity contribution in [3.05, 3.63) is 59.5 Å². The van der Waals surface area contributed by atoms with Crippen LogP contribution in [0.1, 0.15) is 11.1 Å². The summed E-state index contributed by atoms with van der Waals surface area (Å²) in [6, 6.07) is 7.05. The second-order valence-electron chi connectivity index (χ2n) is 5.79. The van der Waals surface area contributed by atoms with Crippen molar-refractivity contribution in [2.45, 2.75) is 18.0 Å². The molecule has 0 amide bonds. The molecule has 26 heavy (non-hydrogen) atoms. The number of hydrogen-bond donors (Lipinski definition) is 0. The summed E-state index contributed by atoms with van der Waals surface area (Å²) in [5, 5.41) is 0. The van der Waals surface area contributed by atoms with Gasteiger partial charge in [-0.25, -0.2) is 17.8 Å². The van der Waals surface area contributed by atoms with E-state index in [1.807, 2.05) is 0 Å². The fourth-order valence-electron chi connectivity index (χ4n) is 2.44. The number of alkyl halides is 3. The minimum absolute atomic E-state index is 0.0720. The van der Waals surface area contributed by atoms with E-state index < -0.39 is 39.6 Å². The lowest BCUT2D eigenvalue weighted by Gasteiger charge is -2.37. The Kier molecular flexibility index (Phi) is 4.89. The van der Waals surface area contributed by atoms with E-state index >= 15 is 0 Å². The van der Waals surface area contributed by atoms with Gasteiger partial charge in [-0.1, -0.05) is 12.1 Å². The first-order valence-corrected chi connectivity index (χ1v) is 9.17. The first-order chi connectivity index (χ1) is 12.1. The third-order valence-corrected chi connectivity index (χ3v) is 5.61. The highest BCUT2D eigenvalue weighted by atomic mass is 32.2.